The lowest BCUT2D eigenvalue weighted by Gasteiger charge is -2.20. The third-order valence-electron chi connectivity index (χ3n) is 5.29. The van der Waals surface area contributed by atoms with Crippen LogP contribution in [0.15, 0.2) is 45.6 Å². The second-order valence-corrected chi connectivity index (χ2v) is 8.45. The Balaban J connectivity index is 2.03. The molecule has 184 valence electrons. The number of rotatable bonds is 11. The maximum atomic E-state index is 13.1. The number of hydrogen-bond donors (Lipinski definition) is 0. The van der Waals surface area contributed by atoms with Gasteiger partial charge in [0.2, 0.25) is 11.2 Å². The molecular weight excluding hydrogens is 436 g/mol. The van der Waals surface area contributed by atoms with Crippen molar-refractivity contribution < 1.29 is 28.1 Å². The van der Waals surface area contributed by atoms with Gasteiger partial charge in [0, 0.05) is 6.07 Å². The minimum Gasteiger partial charge on any atom is -0.491 e. The van der Waals surface area contributed by atoms with Crippen molar-refractivity contribution in [3.63, 3.8) is 0 Å². The highest BCUT2D eigenvalue weighted by molar-refractivity contribution is 5.89. The molecule has 0 saturated carbocycles. The molecule has 0 amide bonds. The van der Waals surface area contributed by atoms with Crippen molar-refractivity contribution in [2.75, 3.05) is 7.11 Å². The number of methoxy groups -OCH3 is 1. The first-order valence-electron chi connectivity index (χ1n) is 11.7. The van der Waals surface area contributed by atoms with E-state index in [-0.39, 0.29) is 40.7 Å². The zero-order valence-corrected chi connectivity index (χ0v) is 21.0. The Morgan fingerprint density at radius 1 is 0.824 bits per heavy atom. The maximum Gasteiger partial charge on any atom is 0.294 e. The zero-order valence-electron chi connectivity index (χ0n) is 21.0. The minimum absolute atomic E-state index is 0.0586. The molecule has 1 aromatic heterocycles. The minimum atomic E-state index is -0.308. The highest BCUT2D eigenvalue weighted by Crippen LogP contribution is 2.44. The summed E-state index contributed by atoms with van der Waals surface area (Å²) in [5, 5.41) is 0.270. The summed E-state index contributed by atoms with van der Waals surface area (Å²) in [7, 11) is 1.52. The summed E-state index contributed by atoms with van der Waals surface area (Å²) in [5.74, 6) is 2.41. The summed E-state index contributed by atoms with van der Waals surface area (Å²) in [4.78, 5) is 13.1. The van der Waals surface area contributed by atoms with Gasteiger partial charge >= 0.3 is 0 Å². The molecule has 0 aliphatic carbocycles. The summed E-state index contributed by atoms with van der Waals surface area (Å²) in [5.41, 5.74) is -0.0222. The monoisotopic (exact) mass is 470 g/mol. The van der Waals surface area contributed by atoms with E-state index in [2.05, 4.69) is 6.92 Å². The molecule has 7 heteroatoms. The van der Waals surface area contributed by atoms with Crippen LogP contribution in [0.4, 0.5) is 0 Å². The van der Waals surface area contributed by atoms with Crippen molar-refractivity contribution in [1.82, 2.24) is 0 Å². The van der Waals surface area contributed by atoms with E-state index in [9.17, 15) is 4.79 Å². The molecule has 1 heterocycles. The average Bonchev–Trinajstić information content (AvgIpc) is 2.79. The largest absolute Gasteiger partial charge is 0.491 e. The van der Waals surface area contributed by atoms with Gasteiger partial charge in [0.05, 0.1) is 31.5 Å². The molecule has 0 radical (unpaired) electrons. The van der Waals surface area contributed by atoms with Gasteiger partial charge in [-0.15, -0.1) is 0 Å². The molecule has 0 saturated heterocycles. The van der Waals surface area contributed by atoms with Gasteiger partial charge in [-0.3, -0.25) is 4.79 Å². The van der Waals surface area contributed by atoms with Gasteiger partial charge in [-0.1, -0.05) is 13.8 Å². The SMILES string of the molecule is CCC(C)Oc1ccc(Oc2cc(=O)c3c(OC(C)C)c(OC)c(OC(C)CC)cc3o2)cc1. The van der Waals surface area contributed by atoms with Gasteiger partial charge in [-0.25, -0.2) is 0 Å². The first-order chi connectivity index (χ1) is 16.2. The molecule has 0 spiro atoms. The molecule has 0 N–H and O–H groups in total. The Hall–Kier alpha value is -3.35. The van der Waals surface area contributed by atoms with Gasteiger partial charge in [-0.05, 0) is 64.8 Å². The first-order valence-corrected chi connectivity index (χ1v) is 11.7. The van der Waals surface area contributed by atoms with Crippen LogP contribution in [0.3, 0.4) is 0 Å². The molecule has 7 nitrogen and oxygen atoms in total. The molecule has 0 aliphatic rings. The second-order valence-electron chi connectivity index (χ2n) is 8.45. The molecule has 0 aliphatic heterocycles. The Morgan fingerprint density at radius 3 is 2.03 bits per heavy atom. The van der Waals surface area contributed by atoms with E-state index in [1.54, 1.807) is 18.2 Å². The van der Waals surface area contributed by atoms with E-state index in [1.165, 1.54) is 13.2 Å². The fraction of sp³-hybridized carbons (Fsp3) is 0.444. The van der Waals surface area contributed by atoms with Crippen LogP contribution in [-0.4, -0.2) is 25.4 Å². The Kier molecular flexibility index (Phi) is 8.31. The number of hydrogen-bond acceptors (Lipinski definition) is 7. The molecule has 0 fully saturated rings. The predicted octanol–water partition coefficient (Wildman–Crippen LogP) is 6.74. The Morgan fingerprint density at radius 2 is 1.44 bits per heavy atom. The Labute approximate surface area is 200 Å². The van der Waals surface area contributed by atoms with Crippen LogP contribution in [-0.2, 0) is 0 Å². The molecule has 2 aromatic carbocycles. The standard InChI is InChI=1S/C27H34O7/c1-8-17(5)31-19-10-12-20(13-11-19)33-24-14-21(28)25-22(34-24)15-23(32-18(6)9-2)26(29-7)27(25)30-16(3)4/h10-18H,8-9H2,1-7H3. The van der Waals surface area contributed by atoms with Crippen molar-refractivity contribution in [2.45, 2.75) is 72.7 Å². The molecule has 0 bridgehead atoms. The first kappa shape index (κ1) is 25.3. The summed E-state index contributed by atoms with van der Waals surface area (Å²) >= 11 is 0. The molecular formula is C27H34O7. The van der Waals surface area contributed by atoms with E-state index < -0.39 is 0 Å². The third kappa shape index (κ3) is 5.95. The van der Waals surface area contributed by atoms with Crippen molar-refractivity contribution in [2.24, 2.45) is 0 Å². The van der Waals surface area contributed by atoms with Crippen molar-refractivity contribution in [3.8, 4) is 34.7 Å². The summed E-state index contributed by atoms with van der Waals surface area (Å²) in [6, 6.07) is 10.1. The molecule has 2 atom stereocenters. The fourth-order valence-electron chi connectivity index (χ4n) is 3.22. The zero-order chi connectivity index (χ0) is 24.8. The van der Waals surface area contributed by atoms with Crippen LogP contribution in [0, 0.1) is 0 Å². The van der Waals surface area contributed by atoms with E-state index in [4.69, 9.17) is 28.1 Å². The third-order valence-corrected chi connectivity index (χ3v) is 5.29. The van der Waals surface area contributed by atoms with Crippen LogP contribution in [0.5, 0.6) is 34.7 Å². The maximum absolute atomic E-state index is 13.1. The van der Waals surface area contributed by atoms with E-state index in [0.29, 0.717) is 23.0 Å². The summed E-state index contributed by atoms with van der Waals surface area (Å²) in [6.45, 7) is 11.8. The van der Waals surface area contributed by atoms with Crippen LogP contribution < -0.4 is 29.1 Å². The quantitative estimate of drug-likeness (QED) is 0.307. The molecule has 2 unspecified atom stereocenters. The van der Waals surface area contributed by atoms with Gasteiger partial charge in [0.1, 0.15) is 22.5 Å². The molecule has 34 heavy (non-hydrogen) atoms. The average molecular weight is 471 g/mol. The van der Waals surface area contributed by atoms with Gasteiger partial charge < -0.3 is 28.1 Å². The lowest BCUT2D eigenvalue weighted by molar-refractivity contribution is 0.197. The van der Waals surface area contributed by atoms with Crippen LogP contribution in [0.25, 0.3) is 11.0 Å². The summed E-state index contributed by atoms with van der Waals surface area (Å²) < 4.78 is 35.2. The lowest BCUT2D eigenvalue weighted by atomic mass is 10.1. The molecule has 3 rings (SSSR count). The van der Waals surface area contributed by atoms with Crippen LogP contribution in [0.1, 0.15) is 54.4 Å². The number of fused-ring (bicyclic) bond motifs is 1. The normalized spacial score (nSPS) is 12.9. The van der Waals surface area contributed by atoms with E-state index >= 15 is 0 Å². The van der Waals surface area contributed by atoms with Gasteiger partial charge in [-0.2, -0.15) is 0 Å². The smallest absolute Gasteiger partial charge is 0.294 e. The van der Waals surface area contributed by atoms with Crippen molar-refractivity contribution in [3.05, 3.63) is 46.6 Å². The molecule has 3 aromatic rings. The predicted molar refractivity (Wildman–Crippen MR) is 132 cm³/mol. The lowest BCUT2D eigenvalue weighted by Crippen LogP contribution is -2.14. The van der Waals surface area contributed by atoms with Gasteiger partial charge in [0.15, 0.2) is 11.5 Å². The topological polar surface area (TPSA) is 76.4 Å². The van der Waals surface area contributed by atoms with E-state index in [0.717, 1.165) is 18.6 Å². The summed E-state index contributed by atoms with van der Waals surface area (Å²) in [6.07, 6.45) is 1.57. The fourth-order valence-corrected chi connectivity index (χ4v) is 3.22. The second kappa shape index (κ2) is 11.2. The highest BCUT2D eigenvalue weighted by atomic mass is 16.6. The van der Waals surface area contributed by atoms with Crippen molar-refractivity contribution in [1.29, 1.82) is 0 Å². The van der Waals surface area contributed by atoms with Crippen LogP contribution >= 0.6 is 0 Å². The van der Waals surface area contributed by atoms with E-state index in [1.807, 2.05) is 46.8 Å². The van der Waals surface area contributed by atoms with Crippen molar-refractivity contribution >= 4 is 11.0 Å². The van der Waals surface area contributed by atoms with Gasteiger partial charge in [0.25, 0.3) is 5.95 Å². The van der Waals surface area contributed by atoms with Crippen LogP contribution in [0.2, 0.25) is 0 Å². The highest BCUT2D eigenvalue weighted by Gasteiger charge is 2.23. The Bertz CT molecular complexity index is 1150. The number of ether oxygens (including phenoxy) is 5. The number of benzene rings is 2.